The van der Waals surface area contributed by atoms with E-state index in [-0.39, 0.29) is 5.82 Å². The summed E-state index contributed by atoms with van der Waals surface area (Å²) in [6, 6.07) is 7.32. The highest BCUT2D eigenvalue weighted by Crippen LogP contribution is 2.22. The molecule has 3 rings (SSSR count). The Morgan fingerprint density at radius 2 is 2.16 bits per heavy atom. The van der Waals surface area contributed by atoms with Gasteiger partial charge in [-0.25, -0.2) is 4.39 Å². The van der Waals surface area contributed by atoms with Crippen molar-refractivity contribution in [3.05, 3.63) is 35.1 Å². The number of rotatable bonds is 2. The number of hydrogen-bond acceptors (Lipinski definition) is 3. The van der Waals surface area contributed by atoms with Crippen molar-refractivity contribution in [3.63, 3.8) is 0 Å². The van der Waals surface area contributed by atoms with E-state index in [0.29, 0.717) is 11.6 Å². The SMILES string of the molecule is N#Cc1cc(F)cc(CN2CCN3CCCC3C2)c1. The van der Waals surface area contributed by atoms with Gasteiger partial charge in [-0.05, 0) is 43.1 Å². The van der Waals surface area contributed by atoms with Crippen LogP contribution >= 0.6 is 0 Å². The summed E-state index contributed by atoms with van der Waals surface area (Å²) >= 11 is 0. The van der Waals surface area contributed by atoms with E-state index in [1.54, 1.807) is 12.1 Å². The molecular weight excluding hydrogens is 241 g/mol. The van der Waals surface area contributed by atoms with Gasteiger partial charge in [0.25, 0.3) is 0 Å². The topological polar surface area (TPSA) is 30.3 Å². The van der Waals surface area contributed by atoms with E-state index >= 15 is 0 Å². The van der Waals surface area contributed by atoms with E-state index < -0.39 is 0 Å². The predicted octanol–water partition coefficient (Wildman–Crippen LogP) is 1.98. The minimum absolute atomic E-state index is 0.312. The first-order valence-corrected chi connectivity index (χ1v) is 6.90. The van der Waals surface area contributed by atoms with Crippen molar-refractivity contribution in [2.75, 3.05) is 26.2 Å². The van der Waals surface area contributed by atoms with Gasteiger partial charge in [-0.2, -0.15) is 5.26 Å². The number of fused-ring (bicyclic) bond motifs is 1. The highest BCUT2D eigenvalue weighted by atomic mass is 19.1. The van der Waals surface area contributed by atoms with Crippen LogP contribution in [-0.4, -0.2) is 42.0 Å². The summed E-state index contributed by atoms with van der Waals surface area (Å²) in [4.78, 5) is 4.94. The molecule has 1 aromatic rings. The summed E-state index contributed by atoms with van der Waals surface area (Å²) in [7, 11) is 0. The van der Waals surface area contributed by atoms with Crippen LogP contribution in [0.5, 0.6) is 0 Å². The molecule has 2 saturated heterocycles. The fourth-order valence-corrected chi connectivity index (χ4v) is 3.26. The molecule has 0 radical (unpaired) electrons. The molecule has 0 aliphatic carbocycles. The van der Waals surface area contributed by atoms with E-state index in [1.807, 2.05) is 6.07 Å². The Morgan fingerprint density at radius 3 is 3.00 bits per heavy atom. The van der Waals surface area contributed by atoms with Crippen LogP contribution < -0.4 is 0 Å². The van der Waals surface area contributed by atoms with Gasteiger partial charge in [0.05, 0.1) is 11.6 Å². The first kappa shape index (κ1) is 12.6. The Morgan fingerprint density at radius 1 is 1.26 bits per heavy atom. The highest BCUT2D eigenvalue weighted by Gasteiger charge is 2.30. The van der Waals surface area contributed by atoms with E-state index in [9.17, 15) is 4.39 Å². The van der Waals surface area contributed by atoms with Crippen molar-refractivity contribution in [3.8, 4) is 6.07 Å². The largest absolute Gasteiger partial charge is 0.298 e. The number of nitriles is 1. The minimum Gasteiger partial charge on any atom is -0.298 e. The second kappa shape index (κ2) is 5.28. The standard InChI is InChI=1S/C15H18FN3/c16-14-7-12(9-17)6-13(8-14)10-18-4-5-19-3-1-2-15(19)11-18/h6-8,15H,1-5,10-11H2. The summed E-state index contributed by atoms with van der Waals surface area (Å²) in [5, 5.41) is 8.88. The molecule has 1 atom stereocenters. The molecule has 2 aliphatic rings. The van der Waals surface area contributed by atoms with Gasteiger partial charge in [0.2, 0.25) is 0 Å². The van der Waals surface area contributed by atoms with Crippen molar-refractivity contribution in [2.45, 2.75) is 25.4 Å². The second-order valence-electron chi connectivity index (χ2n) is 5.53. The molecule has 2 aliphatic heterocycles. The maximum absolute atomic E-state index is 13.4. The lowest BCUT2D eigenvalue weighted by Crippen LogP contribution is -2.49. The maximum atomic E-state index is 13.4. The fourth-order valence-electron chi connectivity index (χ4n) is 3.26. The number of piperazine rings is 1. The zero-order valence-corrected chi connectivity index (χ0v) is 11.0. The molecule has 4 heteroatoms. The monoisotopic (exact) mass is 259 g/mol. The van der Waals surface area contributed by atoms with Crippen LogP contribution in [0.4, 0.5) is 4.39 Å². The van der Waals surface area contributed by atoms with Crippen LogP contribution in [0.25, 0.3) is 0 Å². The third kappa shape index (κ3) is 2.78. The summed E-state index contributed by atoms with van der Waals surface area (Å²) < 4.78 is 13.4. The minimum atomic E-state index is -0.312. The fraction of sp³-hybridized carbons (Fsp3) is 0.533. The molecule has 3 nitrogen and oxygen atoms in total. The molecular formula is C15H18FN3. The average molecular weight is 259 g/mol. The van der Waals surface area contributed by atoms with E-state index in [4.69, 9.17) is 5.26 Å². The molecule has 0 spiro atoms. The Kier molecular flexibility index (Phi) is 3.50. The lowest BCUT2D eigenvalue weighted by atomic mass is 10.1. The van der Waals surface area contributed by atoms with Gasteiger partial charge < -0.3 is 0 Å². The van der Waals surface area contributed by atoms with Crippen molar-refractivity contribution >= 4 is 0 Å². The van der Waals surface area contributed by atoms with E-state index in [2.05, 4.69) is 9.80 Å². The van der Waals surface area contributed by atoms with Gasteiger partial charge in [0, 0.05) is 32.2 Å². The predicted molar refractivity (Wildman–Crippen MR) is 71.0 cm³/mol. The third-order valence-electron chi connectivity index (χ3n) is 4.16. The Bertz CT molecular complexity index is 509. The van der Waals surface area contributed by atoms with Gasteiger partial charge in [0.1, 0.15) is 5.82 Å². The highest BCUT2D eigenvalue weighted by molar-refractivity contribution is 5.33. The van der Waals surface area contributed by atoms with Crippen LogP contribution in [0.2, 0.25) is 0 Å². The Labute approximate surface area is 113 Å². The Hall–Kier alpha value is -1.44. The van der Waals surface area contributed by atoms with Gasteiger partial charge in [-0.15, -0.1) is 0 Å². The summed E-state index contributed by atoms with van der Waals surface area (Å²) in [6.45, 7) is 5.20. The number of hydrogen-bond donors (Lipinski definition) is 0. The molecule has 0 aromatic heterocycles. The van der Waals surface area contributed by atoms with Gasteiger partial charge in [0.15, 0.2) is 0 Å². The van der Waals surface area contributed by atoms with E-state index in [0.717, 1.165) is 31.7 Å². The number of halogens is 1. The second-order valence-corrected chi connectivity index (χ2v) is 5.53. The van der Waals surface area contributed by atoms with Gasteiger partial charge in [-0.3, -0.25) is 9.80 Å². The molecule has 0 saturated carbocycles. The molecule has 0 bridgehead atoms. The van der Waals surface area contributed by atoms with Crippen LogP contribution in [0.1, 0.15) is 24.0 Å². The molecule has 0 amide bonds. The van der Waals surface area contributed by atoms with Crippen LogP contribution in [-0.2, 0) is 6.54 Å². The first-order chi connectivity index (χ1) is 9.24. The van der Waals surface area contributed by atoms with E-state index in [1.165, 1.54) is 25.5 Å². The Balaban J connectivity index is 1.68. The molecule has 1 aromatic carbocycles. The smallest absolute Gasteiger partial charge is 0.124 e. The van der Waals surface area contributed by atoms with Gasteiger partial charge in [-0.1, -0.05) is 0 Å². The average Bonchev–Trinajstić information content (AvgIpc) is 2.85. The maximum Gasteiger partial charge on any atom is 0.124 e. The molecule has 0 N–H and O–H groups in total. The van der Waals surface area contributed by atoms with Gasteiger partial charge >= 0.3 is 0 Å². The molecule has 100 valence electrons. The third-order valence-corrected chi connectivity index (χ3v) is 4.16. The molecule has 1 unspecified atom stereocenters. The van der Waals surface area contributed by atoms with Crippen molar-refractivity contribution in [1.29, 1.82) is 5.26 Å². The lowest BCUT2D eigenvalue weighted by Gasteiger charge is -2.37. The van der Waals surface area contributed by atoms with Crippen molar-refractivity contribution < 1.29 is 4.39 Å². The number of benzene rings is 1. The summed E-state index contributed by atoms with van der Waals surface area (Å²) in [5.74, 6) is -0.312. The summed E-state index contributed by atoms with van der Waals surface area (Å²) in [6.07, 6.45) is 2.58. The van der Waals surface area contributed by atoms with Crippen LogP contribution in [0.3, 0.4) is 0 Å². The van der Waals surface area contributed by atoms with Crippen LogP contribution in [0.15, 0.2) is 18.2 Å². The van der Waals surface area contributed by atoms with Crippen LogP contribution in [0, 0.1) is 17.1 Å². The number of nitrogens with zero attached hydrogens (tertiary/aromatic N) is 3. The van der Waals surface area contributed by atoms with Crippen molar-refractivity contribution in [2.24, 2.45) is 0 Å². The first-order valence-electron chi connectivity index (χ1n) is 6.90. The molecule has 19 heavy (non-hydrogen) atoms. The molecule has 2 heterocycles. The quantitative estimate of drug-likeness (QED) is 0.813. The van der Waals surface area contributed by atoms with Crippen molar-refractivity contribution in [1.82, 2.24) is 9.80 Å². The summed E-state index contributed by atoms with van der Waals surface area (Å²) in [5.41, 5.74) is 1.32. The normalized spacial score (nSPS) is 24.1. The lowest BCUT2D eigenvalue weighted by molar-refractivity contribution is 0.0993. The zero-order chi connectivity index (χ0) is 13.2. The zero-order valence-electron chi connectivity index (χ0n) is 11.0. The molecule has 2 fully saturated rings.